The van der Waals surface area contributed by atoms with Crippen LogP contribution in [0.25, 0.3) is 0 Å². The first-order valence-electron chi connectivity index (χ1n) is 6.83. The first kappa shape index (κ1) is 13.8. The van der Waals surface area contributed by atoms with E-state index < -0.39 is 11.6 Å². The molecule has 0 aromatic heterocycles. The molecule has 2 nitrogen and oxygen atoms in total. The summed E-state index contributed by atoms with van der Waals surface area (Å²) in [6.45, 7) is 2.72. The number of benzene rings is 1. The lowest BCUT2D eigenvalue weighted by Gasteiger charge is -2.32. The highest BCUT2D eigenvalue weighted by molar-refractivity contribution is 5.53. The number of halogens is 2. The first-order chi connectivity index (χ1) is 9.17. The molecule has 4 heteroatoms. The third-order valence-corrected chi connectivity index (χ3v) is 3.78. The van der Waals surface area contributed by atoms with Crippen LogP contribution < -0.4 is 4.90 Å². The van der Waals surface area contributed by atoms with E-state index in [1.807, 2.05) is 11.8 Å². The van der Waals surface area contributed by atoms with E-state index in [0.717, 1.165) is 44.2 Å². The Morgan fingerprint density at radius 3 is 2.53 bits per heavy atom. The summed E-state index contributed by atoms with van der Waals surface area (Å²) in [5.74, 6) is -1.26. The maximum Gasteiger partial charge on any atom is 0.150 e. The fourth-order valence-electron chi connectivity index (χ4n) is 2.80. The van der Waals surface area contributed by atoms with Gasteiger partial charge in [-0.15, -0.1) is 0 Å². The summed E-state index contributed by atoms with van der Waals surface area (Å²) < 4.78 is 28.2. The van der Waals surface area contributed by atoms with Crippen molar-refractivity contribution >= 4 is 5.69 Å². The van der Waals surface area contributed by atoms with Crippen molar-refractivity contribution in [2.24, 2.45) is 0 Å². The standard InChI is InChI=1S/C15H18F2N2/c1-2-12-6-4-3-5-7-19(12)15-13(16)8-11(10-18)9-14(15)17/h8-9,12H,2-7H2,1H3. The zero-order valence-corrected chi connectivity index (χ0v) is 11.1. The van der Waals surface area contributed by atoms with Crippen LogP contribution in [0.1, 0.15) is 44.6 Å². The van der Waals surface area contributed by atoms with Gasteiger partial charge in [-0.25, -0.2) is 8.78 Å². The van der Waals surface area contributed by atoms with Gasteiger partial charge in [0.2, 0.25) is 0 Å². The van der Waals surface area contributed by atoms with Gasteiger partial charge in [-0.05, 0) is 31.4 Å². The monoisotopic (exact) mass is 264 g/mol. The molecule has 1 unspecified atom stereocenters. The molecule has 1 aromatic carbocycles. The summed E-state index contributed by atoms with van der Waals surface area (Å²) in [7, 11) is 0. The van der Waals surface area contributed by atoms with Crippen molar-refractivity contribution in [1.29, 1.82) is 5.26 Å². The van der Waals surface area contributed by atoms with Crippen LogP contribution >= 0.6 is 0 Å². The number of anilines is 1. The molecule has 0 radical (unpaired) electrons. The van der Waals surface area contributed by atoms with Gasteiger partial charge < -0.3 is 4.90 Å². The van der Waals surface area contributed by atoms with Gasteiger partial charge in [-0.1, -0.05) is 19.8 Å². The van der Waals surface area contributed by atoms with Gasteiger partial charge in [0.15, 0.2) is 11.6 Å². The molecule has 1 aliphatic rings. The lowest BCUT2D eigenvalue weighted by Crippen LogP contribution is -2.35. The predicted molar refractivity (Wildman–Crippen MR) is 71.0 cm³/mol. The molecule has 2 rings (SSSR count). The van der Waals surface area contributed by atoms with Gasteiger partial charge in [0.1, 0.15) is 5.69 Å². The molecule has 0 aliphatic carbocycles. The maximum absolute atomic E-state index is 14.1. The summed E-state index contributed by atoms with van der Waals surface area (Å²) in [6.07, 6.45) is 5.00. The van der Waals surface area contributed by atoms with E-state index >= 15 is 0 Å². The Hall–Kier alpha value is -1.63. The minimum absolute atomic E-state index is 0.0293. The smallest absolute Gasteiger partial charge is 0.150 e. The predicted octanol–water partition coefficient (Wildman–Crippen LogP) is 4.00. The molecule has 19 heavy (non-hydrogen) atoms. The van der Waals surface area contributed by atoms with E-state index in [1.165, 1.54) is 0 Å². The number of hydrogen-bond acceptors (Lipinski definition) is 2. The third-order valence-electron chi connectivity index (χ3n) is 3.78. The summed E-state index contributed by atoms with van der Waals surface area (Å²) in [4.78, 5) is 1.85. The molecule has 102 valence electrons. The molecule has 1 saturated heterocycles. The van der Waals surface area contributed by atoms with Crippen LogP contribution in [-0.4, -0.2) is 12.6 Å². The van der Waals surface area contributed by atoms with Crippen LogP contribution in [-0.2, 0) is 0 Å². The average Bonchev–Trinajstić information content (AvgIpc) is 2.63. The number of nitriles is 1. The average molecular weight is 264 g/mol. The second-order valence-corrected chi connectivity index (χ2v) is 5.01. The van der Waals surface area contributed by atoms with Gasteiger partial charge in [0.25, 0.3) is 0 Å². The fourth-order valence-corrected chi connectivity index (χ4v) is 2.80. The van der Waals surface area contributed by atoms with Gasteiger partial charge in [-0.2, -0.15) is 5.26 Å². The maximum atomic E-state index is 14.1. The van der Waals surface area contributed by atoms with Gasteiger partial charge in [0.05, 0.1) is 11.6 Å². The van der Waals surface area contributed by atoms with Gasteiger partial charge in [-0.3, -0.25) is 0 Å². The number of nitrogens with zero attached hydrogens (tertiary/aromatic N) is 2. The van der Waals surface area contributed by atoms with Crippen molar-refractivity contribution in [3.05, 3.63) is 29.3 Å². The van der Waals surface area contributed by atoms with E-state index in [4.69, 9.17) is 5.26 Å². The zero-order valence-electron chi connectivity index (χ0n) is 11.1. The molecule has 1 atom stereocenters. The molecule has 0 bridgehead atoms. The molecular weight excluding hydrogens is 246 g/mol. The Bertz CT molecular complexity index is 470. The topological polar surface area (TPSA) is 27.0 Å². The van der Waals surface area contributed by atoms with E-state index in [2.05, 4.69) is 0 Å². The van der Waals surface area contributed by atoms with E-state index in [0.29, 0.717) is 6.54 Å². The molecule has 1 aliphatic heterocycles. The lowest BCUT2D eigenvalue weighted by molar-refractivity contribution is 0.517. The summed E-state index contributed by atoms with van der Waals surface area (Å²) in [6, 6.07) is 4.20. The first-order valence-corrected chi connectivity index (χ1v) is 6.83. The SMILES string of the molecule is CCC1CCCCCN1c1c(F)cc(C#N)cc1F. The second-order valence-electron chi connectivity index (χ2n) is 5.01. The van der Waals surface area contributed by atoms with Crippen LogP contribution in [0.2, 0.25) is 0 Å². The molecule has 0 N–H and O–H groups in total. The van der Waals surface area contributed by atoms with Crippen LogP contribution in [0.3, 0.4) is 0 Å². The second kappa shape index (κ2) is 6.01. The van der Waals surface area contributed by atoms with Crippen molar-refractivity contribution in [3.8, 4) is 6.07 Å². The largest absolute Gasteiger partial charge is 0.364 e. The Kier molecular flexibility index (Phi) is 4.36. The van der Waals surface area contributed by atoms with Crippen molar-refractivity contribution in [2.45, 2.75) is 45.1 Å². The minimum atomic E-state index is -0.628. The van der Waals surface area contributed by atoms with Crippen molar-refractivity contribution in [2.75, 3.05) is 11.4 Å². The Morgan fingerprint density at radius 1 is 1.26 bits per heavy atom. The van der Waals surface area contributed by atoms with Crippen molar-refractivity contribution < 1.29 is 8.78 Å². The molecular formula is C15H18F2N2. The Morgan fingerprint density at radius 2 is 1.95 bits per heavy atom. The summed E-state index contributed by atoms with van der Waals surface area (Å²) in [5.41, 5.74) is 0.0642. The zero-order chi connectivity index (χ0) is 13.8. The lowest BCUT2D eigenvalue weighted by atomic mass is 10.1. The van der Waals surface area contributed by atoms with Gasteiger partial charge >= 0.3 is 0 Å². The molecule has 0 saturated carbocycles. The normalized spacial score (nSPS) is 19.9. The number of rotatable bonds is 2. The molecule has 1 fully saturated rings. The highest BCUT2D eigenvalue weighted by Gasteiger charge is 2.25. The minimum Gasteiger partial charge on any atom is -0.364 e. The molecule has 0 amide bonds. The van der Waals surface area contributed by atoms with E-state index in [-0.39, 0.29) is 17.3 Å². The highest BCUT2D eigenvalue weighted by Crippen LogP contribution is 2.31. The van der Waals surface area contributed by atoms with E-state index in [9.17, 15) is 8.78 Å². The van der Waals surface area contributed by atoms with Crippen LogP contribution in [0.5, 0.6) is 0 Å². The van der Waals surface area contributed by atoms with E-state index in [1.54, 1.807) is 6.07 Å². The van der Waals surface area contributed by atoms with Crippen LogP contribution in [0.4, 0.5) is 14.5 Å². The summed E-state index contributed by atoms with van der Waals surface area (Å²) in [5, 5.41) is 8.73. The number of hydrogen-bond donors (Lipinski definition) is 0. The van der Waals surface area contributed by atoms with Crippen LogP contribution in [0, 0.1) is 23.0 Å². The van der Waals surface area contributed by atoms with Crippen molar-refractivity contribution in [1.82, 2.24) is 0 Å². The Labute approximate surface area is 112 Å². The van der Waals surface area contributed by atoms with Crippen LogP contribution in [0.15, 0.2) is 12.1 Å². The van der Waals surface area contributed by atoms with Crippen molar-refractivity contribution in [3.63, 3.8) is 0 Å². The third kappa shape index (κ3) is 2.86. The highest BCUT2D eigenvalue weighted by atomic mass is 19.1. The fraction of sp³-hybridized carbons (Fsp3) is 0.533. The molecule has 1 aromatic rings. The summed E-state index contributed by atoms with van der Waals surface area (Å²) >= 11 is 0. The van der Waals surface area contributed by atoms with Gasteiger partial charge in [0, 0.05) is 12.6 Å². The molecule has 1 heterocycles. The molecule has 0 spiro atoms. The Balaban J connectivity index is 2.41. The quantitative estimate of drug-likeness (QED) is 0.807.